The molecular weight excluding hydrogens is 200 g/mol. The molecule has 0 aliphatic heterocycles. The average molecular weight is 226 g/mol. The lowest BCUT2D eigenvalue weighted by Crippen LogP contribution is -2.31. The highest BCUT2D eigenvalue weighted by atomic mass is 16.2. The summed E-state index contributed by atoms with van der Waals surface area (Å²) in [7, 11) is 1.82. The molecule has 0 fully saturated rings. The number of hydrogen-bond donors (Lipinski definition) is 1. The van der Waals surface area contributed by atoms with E-state index in [9.17, 15) is 4.79 Å². The van der Waals surface area contributed by atoms with Crippen LogP contribution in [-0.4, -0.2) is 30.9 Å². The topological polar surface area (TPSA) is 46.3 Å². The Morgan fingerprint density at radius 2 is 2.00 bits per heavy atom. The van der Waals surface area contributed by atoms with Crippen molar-refractivity contribution in [1.82, 2.24) is 4.90 Å². The van der Waals surface area contributed by atoms with Crippen molar-refractivity contribution in [2.24, 2.45) is 17.6 Å². The predicted octanol–water partition coefficient (Wildman–Crippen LogP) is 2.03. The number of carbonyl (C=O) groups is 1. The Morgan fingerprint density at radius 3 is 2.38 bits per heavy atom. The molecule has 0 spiro atoms. The molecule has 3 nitrogen and oxygen atoms in total. The highest BCUT2D eigenvalue weighted by Crippen LogP contribution is 2.15. The van der Waals surface area contributed by atoms with Crippen LogP contribution in [0.15, 0.2) is 12.2 Å². The molecule has 2 N–H and O–H groups in total. The second-order valence-corrected chi connectivity index (χ2v) is 5.14. The van der Waals surface area contributed by atoms with Crippen LogP contribution in [0.4, 0.5) is 0 Å². The Hall–Kier alpha value is -0.830. The molecule has 1 atom stereocenters. The molecule has 0 rings (SSSR count). The predicted molar refractivity (Wildman–Crippen MR) is 69.1 cm³/mol. The summed E-state index contributed by atoms with van der Waals surface area (Å²) in [5, 5.41) is 0. The van der Waals surface area contributed by atoms with Gasteiger partial charge in [0.1, 0.15) is 0 Å². The van der Waals surface area contributed by atoms with E-state index in [2.05, 4.69) is 20.4 Å². The summed E-state index contributed by atoms with van der Waals surface area (Å²) in [6.07, 6.45) is 1.57. The van der Waals surface area contributed by atoms with Gasteiger partial charge in [-0.2, -0.15) is 0 Å². The zero-order valence-electron chi connectivity index (χ0n) is 11.1. The van der Waals surface area contributed by atoms with Gasteiger partial charge in [-0.3, -0.25) is 4.79 Å². The molecule has 3 heteroatoms. The molecule has 0 heterocycles. The summed E-state index contributed by atoms with van der Waals surface area (Å²) in [4.78, 5) is 13.6. The first-order valence-corrected chi connectivity index (χ1v) is 5.95. The van der Waals surface area contributed by atoms with Crippen LogP contribution in [0.25, 0.3) is 0 Å². The zero-order valence-corrected chi connectivity index (χ0v) is 11.1. The van der Waals surface area contributed by atoms with Gasteiger partial charge < -0.3 is 10.6 Å². The van der Waals surface area contributed by atoms with Gasteiger partial charge in [-0.25, -0.2) is 0 Å². The molecule has 0 saturated heterocycles. The molecule has 94 valence electrons. The lowest BCUT2D eigenvalue weighted by molar-refractivity contribution is -0.130. The van der Waals surface area contributed by atoms with Crippen molar-refractivity contribution >= 4 is 5.91 Å². The number of hydrogen-bond acceptors (Lipinski definition) is 2. The van der Waals surface area contributed by atoms with Crippen molar-refractivity contribution in [2.75, 3.05) is 20.1 Å². The minimum atomic E-state index is 0.166. The van der Waals surface area contributed by atoms with E-state index >= 15 is 0 Å². The molecule has 0 aliphatic carbocycles. The quantitative estimate of drug-likeness (QED) is 0.675. The van der Waals surface area contributed by atoms with Crippen LogP contribution >= 0.6 is 0 Å². The highest BCUT2D eigenvalue weighted by Gasteiger charge is 2.16. The third-order valence-electron chi connectivity index (χ3n) is 2.53. The first kappa shape index (κ1) is 15.2. The van der Waals surface area contributed by atoms with Gasteiger partial charge in [-0.1, -0.05) is 26.0 Å². The van der Waals surface area contributed by atoms with Crippen LogP contribution in [0.2, 0.25) is 0 Å². The molecule has 0 radical (unpaired) electrons. The lowest BCUT2D eigenvalue weighted by Gasteiger charge is -2.21. The maximum absolute atomic E-state index is 11.9. The first-order chi connectivity index (χ1) is 7.36. The number of carbonyl (C=O) groups excluding carboxylic acids is 1. The van der Waals surface area contributed by atoms with E-state index in [1.807, 2.05) is 14.0 Å². The van der Waals surface area contributed by atoms with Crippen LogP contribution in [0.5, 0.6) is 0 Å². The number of rotatable bonds is 7. The maximum Gasteiger partial charge on any atom is 0.222 e. The summed E-state index contributed by atoms with van der Waals surface area (Å²) < 4.78 is 0. The van der Waals surface area contributed by atoms with Crippen LogP contribution < -0.4 is 5.73 Å². The fraction of sp³-hybridized carbons (Fsp3) is 0.769. The Bertz CT molecular complexity index is 236. The van der Waals surface area contributed by atoms with Gasteiger partial charge in [0, 0.05) is 20.0 Å². The summed E-state index contributed by atoms with van der Waals surface area (Å²) in [5.41, 5.74) is 6.69. The van der Waals surface area contributed by atoms with Crippen LogP contribution in [0.1, 0.15) is 33.6 Å². The van der Waals surface area contributed by atoms with E-state index in [1.54, 1.807) is 4.90 Å². The van der Waals surface area contributed by atoms with Gasteiger partial charge in [0.15, 0.2) is 0 Å². The van der Waals surface area contributed by atoms with E-state index in [4.69, 9.17) is 5.73 Å². The summed E-state index contributed by atoms with van der Waals surface area (Å²) in [6, 6.07) is 0. The van der Waals surface area contributed by atoms with Crippen molar-refractivity contribution < 1.29 is 4.79 Å². The average Bonchev–Trinajstić information content (AvgIpc) is 2.14. The molecule has 0 saturated carbocycles. The van der Waals surface area contributed by atoms with E-state index < -0.39 is 0 Å². The van der Waals surface area contributed by atoms with Crippen molar-refractivity contribution in [3.63, 3.8) is 0 Å². The molecule has 16 heavy (non-hydrogen) atoms. The third-order valence-corrected chi connectivity index (χ3v) is 2.53. The molecule has 0 aromatic carbocycles. The summed E-state index contributed by atoms with van der Waals surface area (Å²) in [5.74, 6) is 1.06. The van der Waals surface area contributed by atoms with Crippen LogP contribution in [0.3, 0.4) is 0 Å². The largest absolute Gasteiger partial charge is 0.342 e. The van der Waals surface area contributed by atoms with Crippen LogP contribution in [0, 0.1) is 11.8 Å². The smallest absolute Gasteiger partial charge is 0.222 e. The molecular formula is C13H26N2O. The molecule has 0 aromatic heterocycles. The number of nitrogens with two attached hydrogens (primary N) is 1. The van der Waals surface area contributed by atoms with E-state index in [-0.39, 0.29) is 5.91 Å². The number of amides is 1. The van der Waals surface area contributed by atoms with Crippen molar-refractivity contribution in [3.8, 4) is 0 Å². The monoisotopic (exact) mass is 226 g/mol. The van der Waals surface area contributed by atoms with Gasteiger partial charge in [0.05, 0.1) is 0 Å². The van der Waals surface area contributed by atoms with Crippen molar-refractivity contribution in [3.05, 3.63) is 12.2 Å². The van der Waals surface area contributed by atoms with Gasteiger partial charge >= 0.3 is 0 Å². The molecule has 0 aliphatic rings. The Kier molecular flexibility index (Phi) is 7.06. The summed E-state index contributed by atoms with van der Waals surface area (Å²) >= 11 is 0. The normalized spacial score (nSPS) is 12.6. The summed E-state index contributed by atoms with van der Waals surface area (Å²) in [6.45, 7) is 11.3. The Balaban J connectivity index is 4.13. The minimum Gasteiger partial charge on any atom is -0.342 e. The SMILES string of the molecule is C=C(C)CN(C)C(=O)CC(CN)CC(C)C. The molecule has 0 aromatic rings. The van der Waals surface area contributed by atoms with E-state index in [0.717, 1.165) is 12.0 Å². The first-order valence-electron chi connectivity index (χ1n) is 5.95. The molecule has 1 unspecified atom stereocenters. The second kappa shape index (κ2) is 7.44. The lowest BCUT2D eigenvalue weighted by atomic mass is 9.94. The molecule has 1 amide bonds. The van der Waals surface area contributed by atoms with Gasteiger partial charge in [0.2, 0.25) is 5.91 Å². The minimum absolute atomic E-state index is 0.166. The highest BCUT2D eigenvalue weighted by molar-refractivity contribution is 5.76. The maximum atomic E-state index is 11.9. The Morgan fingerprint density at radius 1 is 1.44 bits per heavy atom. The zero-order chi connectivity index (χ0) is 12.7. The number of nitrogens with zero attached hydrogens (tertiary/aromatic N) is 1. The van der Waals surface area contributed by atoms with Crippen molar-refractivity contribution in [2.45, 2.75) is 33.6 Å². The second-order valence-electron chi connectivity index (χ2n) is 5.14. The molecule has 0 bridgehead atoms. The van der Waals surface area contributed by atoms with E-state index in [1.165, 1.54) is 0 Å². The fourth-order valence-corrected chi connectivity index (χ4v) is 1.83. The van der Waals surface area contributed by atoms with Crippen molar-refractivity contribution in [1.29, 1.82) is 0 Å². The fourth-order valence-electron chi connectivity index (χ4n) is 1.83. The van der Waals surface area contributed by atoms with E-state index in [0.29, 0.717) is 31.3 Å². The third kappa shape index (κ3) is 6.62. The number of likely N-dealkylation sites (N-methyl/N-ethyl adjacent to an activating group) is 1. The van der Waals surface area contributed by atoms with Crippen LogP contribution in [-0.2, 0) is 4.79 Å². The Labute approximate surface area is 99.7 Å². The standard InChI is InChI=1S/C13H26N2O/c1-10(2)6-12(8-14)7-13(16)15(5)9-11(3)4/h10,12H,3,6-9,14H2,1-2,4-5H3. The van der Waals surface area contributed by atoms with Gasteiger partial charge in [-0.15, -0.1) is 0 Å². The van der Waals surface area contributed by atoms with Gasteiger partial charge in [0.25, 0.3) is 0 Å². The van der Waals surface area contributed by atoms with Gasteiger partial charge in [-0.05, 0) is 31.7 Å².